The lowest BCUT2D eigenvalue weighted by Crippen LogP contribution is -2.18. The van der Waals surface area contributed by atoms with E-state index in [2.05, 4.69) is 25.7 Å². The van der Waals surface area contributed by atoms with Gasteiger partial charge >= 0.3 is 0 Å². The van der Waals surface area contributed by atoms with E-state index in [1.54, 1.807) is 18.3 Å². The van der Waals surface area contributed by atoms with Crippen molar-refractivity contribution in [2.24, 2.45) is 0 Å². The van der Waals surface area contributed by atoms with Crippen molar-refractivity contribution in [1.29, 1.82) is 0 Å². The molecule has 1 aliphatic rings. The van der Waals surface area contributed by atoms with Crippen molar-refractivity contribution in [1.82, 2.24) is 19.6 Å². The number of rotatable bonds is 4. The summed E-state index contributed by atoms with van der Waals surface area (Å²) >= 11 is 0. The lowest BCUT2D eigenvalue weighted by atomic mass is 10.3. The first-order chi connectivity index (χ1) is 11.2. The molecule has 0 aromatic carbocycles. The van der Waals surface area contributed by atoms with Crippen LogP contribution in [0.5, 0.6) is 0 Å². The van der Waals surface area contributed by atoms with E-state index in [9.17, 15) is 9.18 Å². The molecule has 0 radical (unpaired) electrons. The number of imidazole rings is 1. The smallest absolute Gasteiger partial charge is 0.278 e. The minimum absolute atomic E-state index is 0.0632. The number of amides is 1. The van der Waals surface area contributed by atoms with Gasteiger partial charge in [0.05, 0.1) is 11.9 Å². The number of carbonyl (C=O) groups excluding carboxylic acids is 1. The van der Waals surface area contributed by atoms with E-state index in [0.717, 1.165) is 19.0 Å². The zero-order chi connectivity index (χ0) is 15.8. The molecular weight excluding hydrogens is 299 g/mol. The van der Waals surface area contributed by atoms with Gasteiger partial charge < -0.3 is 10.6 Å². The Morgan fingerprint density at radius 3 is 2.96 bits per heavy atom. The fraction of sp³-hybridized carbons (Fsp3) is 0.200. The third kappa shape index (κ3) is 2.59. The Balaban J connectivity index is 1.73. The summed E-state index contributed by atoms with van der Waals surface area (Å²) in [6.07, 6.45) is 6.11. The highest BCUT2D eigenvalue weighted by atomic mass is 19.1. The molecule has 0 saturated heterocycles. The predicted octanol–water partition coefficient (Wildman–Crippen LogP) is 2.09. The molecule has 3 aromatic rings. The maximum Gasteiger partial charge on any atom is 0.278 e. The van der Waals surface area contributed by atoms with Gasteiger partial charge in [-0.2, -0.15) is 5.10 Å². The first-order valence-corrected chi connectivity index (χ1v) is 7.23. The molecule has 23 heavy (non-hydrogen) atoms. The Hall–Kier alpha value is -3.03. The number of pyridine rings is 1. The van der Waals surface area contributed by atoms with Crippen LogP contribution in [0.2, 0.25) is 0 Å². The predicted molar refractivity (Wildman–Crippen MR) is 81.8 cm³/mol. The van der Waals surface area contributed by atoms with Crippen LogP contribution in [0.3, 0.4) is 0 Å². The summed E-state index contributed by atoms with van der Waals surface area (Å²) in [6.45, 7) is 0. The van der Waals surface area contributed by atoms with E-state index in [1.165, 1.54) is 16.8 Å². The molecule has 7 nitrogen and oxygen atoms in total. The molecule has 0 bridgehead atoms. The monoisotopic (exact) mass is 312 g/mol. The minimum atomic E-state index is -0.598. The van der Waals surface area contributed by atoms with Crippen molar-refractivity contribution in [2.75, 3.05) is 10.6 Å². The maximum atomic E-state index is 13.7. The van der Waals surface area contributed by atoms with Gasteiger partial charge in [-0.15, -0.1) is 0 Å². The average Bonchev–Trinajstić information content (AvgIpc) is 3.27. The van der Waals surface area contributed by atoms with Crippen LogP contribution in [0.4, 0.5) is 15.9 Å². The Labute approximate surface area is 130 Å². The molecule has 0 atom stereocenters. The molecule has 1 amide bonds. The van der Waals surface area contributed by atoms with Gasteiger partial charge in [0.15, 0.2) is 23.0 Å². The molecule has 8 heteroatoms. The van der Waals surface area contributed by atoms with Crippen LogP contribution >= 0.6 is 0 Å². The largest absolute Gasteiger partial charge is 0.365 e. The molecule has 0 unspecified atom stereocenters. The van der Waals surface area contributed by atoms with Crippen LogP contribution in [0.25, 0.3) is 5.65 Å². The van der Waals surface area contributed by atoms with Gasteiger partial charge in [0.25, 0.3) is 5.91 Å². The number of anilines is 2. The maximum absolute atomic E-state index is 13.7. The van der Waals surface area contributed by atoms with Gasteiger partial charge in [0.2, 0.25) is 0 Å². The van der Waals surface area contributed by atoms with Crippen molar-refractivity contribution in [3.63, 3.8) is 0 Å². The van der Waals surface area contributed by atoms with Gasteiger partial charge in [-0.05, 0) is 31.0 Å². The molecular formula is C15H13FN6O. The molecule has 1 saturated carbocycles. The third-order valence-corrected chi connectivity index (χ3v) is 3.55. The average molecular weight is 312 g/mol. The molecule has 0 aliphatic heterocycles. The number of hydrogen-bond acceptors (Lipinski definition) is 5. The lowest BCUT2D eigenvalue weighted by molar-refractivity contribution is 0.102. The normalized spacial score (nSPS) is 14.0. The summed E-state index contributed by atoms with van der Waals surface area (Å²) in [5.41, 5.74) is 0.868. The summed E-state index contributed by atoms with van der Waals surface area (Å²) in [5, 5.41) is 9.92. The summed E-state index contributed by atoms with van der Waals surface area (Å²) in [5.74, 6) is -0.623. The van der Waals surface area contributed by atoms with Crippen LogP contribution in [0.15, 0.2) is 36.8 Å². The fourth-order valence-electron chi connectivity index (χ4n) is 2.27. The van der Waals surface area contributed by atoms with Crippen molar-refractivity contribution >= 4 is 23.1 Å². The summed E-state index contributed by atoms with van der Waals surface area (Å²) in [7, 11) is 0. The van der Waals surface area contributed by atoms with Crippen LogP contribution < -0.4 is 10.6 Å². The van der Waals surface area contributed by atoms with Crippen molar-refractivity contribution in [3.05, 3.63) is 48.3 Å². The first kappa shape index (κ1) is 13.6. The standard InChI is InChI=1S/C15H13FN6O/c16-10-8-17-7-5-11(10)20-15(23)13-14(19-9-3-4-9)21-12-2-1-6-18-22(12)13/h1-2,5-9,19H,3-4H2,(H,17,20,23). The quantitative estimate of drug-likeness (QED) is 0.770. The van der Waals surface area contributed by atoms with Gasteiger partial charge in [-0.1, -0.05) is 0 Å². The van der Waals surface area contributed by atoms with Gasteiger partial charge in [-0.3, -0.25) is 9.78 Å². The van der Waals surface area contributed by atoms with Crippen molar-refractivity contribution in [2.45, 2.75) is 18.9 Å². The highest BCUT2D eigenvalue weighted by Gasteiger charge is 2.27. The van der Waals surface area contributed by atoms with E-state index in [0.29, 0.717) is 17.5 Å². The van der Waals surface area contributed by atoms with Gasteiger partial charge in [0, 0.05) is 18.4 Å². The number of halogens is 1. The Kier molecular flexibility index (Phi) is 3.14. The number of fused-ring (bicyclic) bond motifs is 1. The molecule has 0 spiro atoms. The zero-order valence-corrected chi connectivity index (χ0v) is 12.0. The number of carbonyl (C=O) groups is 1. The molecule has 116 valence electrons. The molecule has 1 aliphatic carbocycles. The Morgan fingerprint density at radius 1 is 1.30 bits per heavy atom. The molecule has 2 N–H and O–H groups in total. The van der Waals surface area contributed by atoms with E-state index < -0.39 is 11.7 Å². The van der Waals surface area contributed by atoms with Gasteiger partial charge in [-0.25, -0.2) is 13.9 Å². The molecule has 1 fully saturated rings. The summed E-state index contributed by atoms with van der Waals surface area (Å²) in [6, 6.07) is 5.23. The van der Waals surface area contributed by atoms with Crippen LogP contribution in [0, 0.1) is 5.82 Å². The van der Waals surface area contributed by atoms with Crippen molar-refractivity contribution in [3.8, 4) is 0 Å². The number of aromatic nitrogens is 4. The second kappa shape index (κ2) is 5.31. The molecule has 4 rings (SSSR count). The van der Waals surface area contributed by atoms with E-state index >= 15 is 0 Å². The SMILES string of the molecule is O=C(Nc1ccncc1F)c1c(NC2CC2)nc2cccnn12. The Morgan fingerprint density at radius 2 is 2.17 bits per heavy atom. The fourth-order valence-corrected chi connectivity index (χ4v) is 2.27. The topological polar surface area (TPSA) is 84.2 Å². The number of nitrogens with zero attached hydrogens (tertiary/aromatic N) is 4. The highest BCUT2D eigenvalue weighted by molar-refractivity contribution is 6.07. The third-order valence-electron chi connectivity index (χ3n) is 3.55. The van der Waals surface area contributed by atoms with Crippen LogP contribution in [-0.4, -0.2) is 31.5 Å². The van der Waals surface area contributed by atoms with Gasteiger partial charge in [0.1, 0.15) is 0 Å². The summed E-state index contributed by atoms with van der Waals surface area (Å²) in [4.78, 5) is 20.7. The second-order valence-corrected chi connectivity index (χ2v) is 5.33. The Bertz CT molecular complexity index is 889. The van der Waals surface area contributed by atoms with Crippen LogP contribution in [-0.2, 0) is 0 Å². The number of nitrogens with one attached hydrogen (secondary N) is 2. The number of hydrogen-bond donors (Lipinski definition) is 2. The van der Waals surface area contributed by atoms with Crippen LogP contribution in [0.1, 0.15) is 23.3 Å². The molecule has 3 aromatic heterocycles. The second-order valence-electron chi connectivity index (χ2n) is 5.33. The first-order valence-electron chi connectivity index (χ1n) is 7.23. The highest BCUT2D eigenvalue weighted by Crippen LogP contribution is 2.27. The van der Waals surface area contributed by atoms with E-state index in [-0.39, 0.29) is 11.4 Å². The minimum Gasteiger partial charge on any atom is -0.365 e. The summed E-state index contributed by atoms with van der Waals surface area (Å²) < 4.78 is 15.1. The lowest BCUT2D eigenvalue weighted by Gasteiger charge is -2.07. The van der Waals surface area contributed by atoms with Crippen molar-refractivity contribution < 1.29 is 9.18 Å². The molecule has 3 heterocycles. The van der Waals surface area contributed by atoms with E-state index in [4.69, 9.17) is 0 Å². The zero-order valence-electron chi connectivity index (χ0n) is 12.0. The van der Waals surface area contributed by atoms with E-state index in [1.807, 2.05) is 0 Å².